The molecule has 1 atom stereocenters. The molecule has 2 rings (SSSR count). The summed E-state index contributed by atoms with van der Waals surface area (Å²) in [6.45, 7) is 12.0. The molecule has 6 nitrogen and oxygen atoms in total. The van der Waals surface area contributed by atoms with E-state index in [2.05, 4.69) is 33.9 Å². The van der Waals surface area contributed by atoms with E-state index >= 15 is 0 Å². The standard InChI is InChI=1S/C27H40ClNO5Si/c1-27(2,3)35(8,9)34-14-13-20(19-11-10-12-22(28)15-19)18-29(4)26(30)21-16-23(31-5)25(33-7)24(17-21)32-6/h10-12,15-17,20H,13-14,18H2,1-9H3/i4T. The zero-order valence-corrected chi connectivity index (χ0v) is 24.0. The molecule has 0 saturated carbocycles. The second kappa shape index (κ2) is 12.1. The van der Waals surface area contributed by atoms with E-state index in [4.69, 9.17) is 31.6 Å². The molecule has 35 heavy (non-hydrogen) atoms. The summed E-state index contributed by atoms with van der Waals surface area (Å²) in [5.74, 6) is 0.846. The summed E-state index contributed by atoms with van der Waals surface area (Å²) < 4.78 is 30.8. The van der Waals surface area contributed by atoms with Crippen molar-refractivity contribution in [1.29, 1.82) is 0 Å². The van der Waals surface area contributed by atoms with Crippen LogP contribution in [0.1, 0.15) is 50.4 Å². The maximum absolute atomic E-state index is 13.5. The third-order valence-corrected chi connectivity index (χ3v) is 11.5. The number of amides is 1. The van der Waals surface area contributed by atoms with Crippen molar-refractivity contribution >= 4 is 25.8 Å². The number of benzene rings is 2. The minimum Gasteiger partial charge on any atom is -0.493 e. The lowest BCUT2D eigenvalue weighted by atomic mass is 9.95. The van der Waals surface area contributed by atoms with Crippen LogP contribution in [-0.4, -0.2) is 60.6 Å². The zero-order chi connectivity index (χ0) is 27.1. The van der Waals surface area contributed by atoms with Gasteiger partial charge in [-0.25, -0.2) is 0 Å². The largest absolute Gasteiger partial charge is 0.493 e. The van der Waals surface area contributed by atoms with Gasteiger partial charge in [-0.3, -0.25) is 4.79 Å². The summed E-state index contributed by atoms with van der Waals surface area (Å²) >= 11 is 6.30. The fourth-order valence-electron chi connectivity index (χ4n) is 3.53. The molecule has 2 aromatic carbocycles. The average molecular weight is 524 g/mol. The van der Waals surface area contributed by atoms with Gasteiger partial charge in [-0.1, -0.05) is 44.5 Å². The van der Waals surface area contributed by atoms with Crippen LogP contribution in [0.2, 0.25) is 23.2 Å². The lowest BCUT2D eigenvalue weighted by Gasteiger charge is -2.36. The molecule has 0 aliphatic rings. The Morgan fingerprint density at radius 1 is 1.09 bits per heavy atom. The van der Waals surface area contributed by atoms with Gasteiger partial charge in [0.05, 0.1) is 21.3 Å². The second-order valence-corrected chi connectivity index (χ2v) is 15.3. The van der Waals surface area contributed by atoms with E-state index < -0.39 is 8.32 Å². The number of hydrogen-bond acceptors (Lipinski definition) is 5. The first-order chi connectivity index (χ1) is 16.9. The van der Waals surface area contributed by atoms with Crippen molar-refractivity contribution in [2.24, 2.45) is 0 Å². The van der Waals surface area contributed by atoms with Crippen molar-refractivity contribution in [3.8, 4) is 17.2 Å². The number of rotatable bonds is 11. The van der Waals surface area contributed by atoms with Crippen LogP contribution < -0.4 is 14.2 Å². The maximum atomic E-state index is 13.5. The second-order valence-electron chi connectivity index (χ2n) is 10.1. The van der Waals surface area contributed by atoms with Crippen molar-refractivity contribution in [2.75, 3.05) is 41.5 Å². The lowest BCUT2D eigenvalue weighted by Crippen LogP contribution is -2.41. The Bertz CT molecular complexity index is 1000. The predicted octanol–water partition coefficient (Wildman–Crippen LogP) is 6.63. The van der Waals surface area contributed by atoms with Gasteiger partial charge >= 0.3 is 0 Å². The molecule has 8 heteroatoms. The van der Waals surface area contributed by atoms with E-state index in [0.29, 0.717) is 47.4 Å². The topological polar surface area (TPSA) is 57.2 Å². The van der Waals surface area contributed by atoms with E-state index in [1.807, 2.05) is 24.3 Å². The van der Waals surface area contributed by atoms with Crippen molar-refractivity contribution in [3.05, 3.63) is 52.5 Å². The lowest BCUT2D eigenvalue weighted by molar-refractivity contribution is 0.0780. The zero-order valence-electron chi connectivity index (χ0n) is 23.2. The Morgan fingerprint density at radius 2 is 1.71 bits per heavy atom. The Labute approximate surface area is 218 Å². The molecule has 0 saturated heterocycles. The quantitative estimate of drug-likeness (QED) is 0.309. The van der Waals surface area contributed by atoms with Crippen molar-refractivity contribution in [2.45, 2.75) is 51.2 Å². The molecule has 0 N–H and O–H groups in total. The number of halogens is 1. The molecule has 194 valence electrons. The molecule has 0 aromatic heterocycles. The third-order valence-electron chi connectivity index (χ3n) is 6.70. The molecule has 2 aromatic rings. The van der Waals surface area contributed by atoms with Crippen LogP contribution in [0, 0.1) is 0 Å². The van der Waals surface area contributed by atoms with Gasteiger partial charge in [0.25, 0.3) is 5.91 Å². The molecule has 0 heterocycles. The number of carbonyl (C=O) groups is 1. The van der Waals surface area contributed by atoms with Crippen molar-refractivity contribution < 1.29 is 24.8 Å². The number of methoxy groups -OCH3 is 3. The number of ether oxygens (including phenoxy) is 3. The van der Waals surface area contributed by atoms with Gasteiger partial charge in [-0.05, 0) is 54.4 Å². The smallest absolute Gasteiger partial charge is 0.253 e. The summed E-state index contributed by atoms with van der Waals surface area (Å²) in [6.07, 6.45) is 0.700. The molecule has 0 radical (unpaired) electrons. The summed E-state index contributed by atoms with van der Waals surface area (Å²) in [6, 6.07) is 10.9. The number of nitrogens with zero attached hydrogens (tertiary/aromatic N) is 1. The summed E-state index contributed by atoms with van der Waals surface area (Å²) in [4.78, 5) is 15.0. The Kier molecular flexibility index (Phi) is 9.50. The monoisotopic (exact) mass is 523 g/mol. The number of likely N-dealkylation sites (N-methyl/N-ethyl adjacent to an activating group) is 1. The molecule has 0 bridgehead atoms. The maximum Gasteiger partial charge on any atom is 0.253 e. The Morgan fingerprint density at radius 3 is 2.20 bits per heavy atom. The number of carbonyl (C=O) groups excluding carboxylic acids is 1. The van der Waals surface area contributed by atoms with E-state index in [0.717, 1.165) is 5.56 Å². The first kappa shape index (κ1) is 27.4. The summed E-state index contributed by atoms with van der Waals surface area (Å²) in [5.41, 5.74) is 1.37. The molecular formula is C27H40ClNO5Si. The number of hydrogen-bond donors (Lipinski definition) is 0. The molecule has 0 aliphatic heterocycles. The minimum absolute atomic E-state index is 0.0511. The highest BCUT2D eigenvalue weighted by molar-refractivity contribution is 6.74. The van der Waals surface area contributed by atoms with Crippen molar-refractivity contribution in [1.82, 2.24) is 4.90 Å². The van der Waals surface area contributed by atoms with Crippen LogP contribution in [0.3, 0.4) is 0 Å². The normalized spacial score (nSPS) is 13.1. The minimum atomic E-state index is -1.92. The highest BCUT2D eigenvalue weighted by Gasteiger charge is 2.37. The van der Waals surface area contributed by atoms with Crippen LogP contribution in [0.25, 0.3) is 0 Å². The molecule has 0 aliphatic carbocycles. The first-order valence-electron chi connectivity index (χ1n) is 12.4. The fraction of sp³-hybridized carbons (Fsp3) is 0.519. The molecule has 0 fully saturated rings. The molecular weight excluding hydrogens is 482 g/mol. The van der Waals surface area contributed by atoms with Gasteiger partial charge < -0.3 is 23.5 Å². The van der Waals surface area contributed by atoms with E-state index in [-0.39, 0.29) is 23.9 Å². The van der Waals surface area contributed by atoms with Crippen molar-refractivity contribution in [3.63, 3.8) is 0 Å². The van der Waals surface area contributed by atoms with E-state index in [1.165, 1.54) is 26.2 Å². The Hall–Kier alpha value is -2.22. The summed E-state index contributed by atoms with van der Waals surface area (Å²) in [5, 5.41) is 0.741. The van der Waals surface area contributed by atoms with Gasteiger partial charge in [-0.2, -0.15) is 0 Å². The Balaban J connectivity index is 2.32. The van der Waals surface area contributed by atoms with E-state index in [9.17, 15) is 4.79 Å². The van der Waals surface area contributed by atoms with Gasteiger partial charge in [-0.15, -0.1) is 0 Å². The van der Waals surface area contributed by atoms with E-state index in [1.54, 1.807) is 12.1 Å². The molecule has 1 amide bonds. The van der Waals surface area contributed by atoms with Gasteiger partial charge in [0.15, 0.2) is 19.8 Å². The highest BCUT2D eigenvalue weighted by Crippen LogP contribution is 2.39. The van der Waals surface area contributed by atoms with Crippen LogP contribution in [-0.2, 0) is 4.43 Å². The van der Waals surface area contributed by atoms with Gasteiger partial charge in [0.2, 0.25) is 5.75 Å². The molecule has 1 unspecified atom stereocenters. The van der Waals surface area contributed by atoms with Crippen LogP contribution in [0.15, 0.2) is 36.4 Å². The SMILES string of the molecule is [3H]CN(CC(CCO[Si](C)(C)C(C)(C)C)c1cccc(Cl)c1)C(=O)c1cc(OC)c(OC)c(OC)c1. The van der Waals surface area contributed by atoms with Gasteiger partial charge in [0, 0.05) is 38.1 Å². The first-order valence-corrected chi connectivity index (χ1v) is 14.9. The van der Waals surface area contributed by atoms with Crippen LogP contribution in [0.4, 0.5) is 0 Å². The third kappa shape index (κ3) is 7.38. The fourth-order valence-corrected chi connectivity index (χ4v) is 4.79. The van der Waals surface area contributed by atoms with Crippen LogP contribution in [0.5, 0.6) is 17.2 Å². The predicted molar refractivity (Wildman–Crippen MR) is 145 cm³/mol. The average Bonchev–Trinajstić information content (AvgIpc) is 2.83. The molecule has 0 spiro atoms. The highest BCUT2D eigenvalue weighted by atomic mass is 35.5. The summed E-state index contributed by atoms with van der Waals surface area (Å²) in [7, 11) is 2.41. The van der Waals surface area contributed by atoms with Crippen LogP contribution >= 0.6 is 11.6 Å². The van der Waals surface area contributed by atoms with Gasteiger partial charge in [0.1, 0.15) is 0 Å².